The van der Waals surface area contributed by atoms with E-state index >= 15 is 8.42 Å². The number of hydrogen-bond acceptors (Lipinski definition) is 14. The molecule has 2 aromatic carbocycles. The Kier molecular flexibility index (Phi) is 16.0. The van der Waals surface area contributed by atoms with Gasteiger partial charge in [0.2, 0.25) is 5.91 Å². The molecule has 1 saturated heterocycles. The predicted molar refractivity (Wildman–Crippen MR) is 228 cm³/mol. The predicted octanol–water partition coefficient (Wildman–Crippen LogP) is 2.85. The molecule has 0 saturated carbocycles. The molecule has 20 heteroatoms. The molecule has 1 aliphatic heterocycles. The number of carboxylic acid groups (broad SMARTS) is 1. The normalized spacial score (nSPS) is 14.7. The number of aliphatic carboxylic acids is 1. The molecule has 1 aliphatic rings. The first-order chi connectivity index (χ1) is 29.5. The molecule has 1 atom stereocenters. The van der Waals surface area contributed by atoms with Crippen LogP contribution in [0.25, 0.3) is 10.8 Å². The number of aromatic nitrogens is 4. The number of rotatable bonds is 16. The average Bonchev–Trinajstić information content (AvgIpc) is 3.34. The van der Waals surface area contributed by atoms with Crippen LogP contribution in [0.5, 0.6) is 0 Å². The van der Waals surface area contributed by atoms with Crippen molar-refractivity contribution in [1.82, 2.24) is 44.5 Å². The minimum atomic E-state index is -4.37. The highest BCUT2D eigenvalue weighted by atomic mass is 32.2. The topological polar surface area (TPSA) is 229 Å². The van der Waals surface area contributed by atoms with Crippen molar-refractivity contribution < 1.29 is 42.2 Å². The first kappa shape index (κ1) is 46.9. The number of nitrogens with zero attached hydrogens (tertiary/aromatic N) is 9. The van der Waals surface area contributed by atoms with Crippen molar-refractivity contribution in [2.75, 3.05) is 64.8 Å². The molecule has 5 rings (SSSR count). The van der Waals surface area contributed by atoms with Gasteiger partial charge < -0.3 is 29.9 Å². The zero-order valence-corrected chi connectivity index (χ0v) is 36.5. The van der Waals surface area contributed by atoms with Gasteiger partial charge in [-0.1, -0.05) is 30.7 Å². The largest absolute Gasteiger partial charge is 0.481 e. The smallest absolute Gasteiger partial charge is 0.308 e. The summed E-state index contributed by atoms with van der Waals surface area (Å²) in [6.07, 6.45) is 8.42. The summed E-state index contributed by atoms with van der Waals surface area (Å²) in [5.74, 6) is -3.68. The molecule has 3 amide bonds. The summed E-state index contributed by atoms with van der Waals surface area (Å²) in [6.45, 7) is 4.73. The molecule has 0 spiro atoms. The molecule has 3 heterocycles. The first-order valence-electron chi connectivity index (χ1n) is 20.3. The van der Waals surface area contributed by atoms with E-state index < -0.39 is 57.7 Å². The van der Waals surface area contributed by atoms with Crippen LogP contribution in [0.3, 0.4) is 0 Å². The van der Waals surface area contributed by atoms with Crippen LogP contribution in [-0.2, 0) is 29.1 Å². The number of nitrogens with one attached hydrogen (secondary N) is 1. The molecule has 332 valence electrons. The van der Waals surface area contributed by atoms with Crippen molar-refractivity contribution in [3.05, 3.63) is 85.0 Å². The van der Waals surface area contributed by atoms with Gasteiger partial charge in [-0.2, -0.15) is 0 Å². The zero-order valence-electron chi connectivity index (χ0n) is 35.6. The number of esters is 1. The van der Waals surface area contributed by atoms with E-state index in [0.29, 0.717) is 30.0 Å². The number of ether oxygens (including phenoxy) is 1. The van der Waals surface area contributed by atoms with Gasteiger partial charge in [0.25, 0.3) is 21.8 Å². The Hall–Kier alpha value is -6.12. The van der Waals surface area contributed by atoms with Gasteiger partial charge in [0.05, 0.1) is 23.7 Å². The van der Waals surface area contributed by atoms with E-state index in [0.717, 1.165) is 5.69 Å². The lowest BCUT2D eigenvalue weighted by atomic mass is 10.1. The van der Waals surface area contributed by atoms with Crippen molar-refractivity contribution in [2.45, 2.75) is 69.4 Å². The van der Waals surface area contributed by atoms with Crippen molar-refractivity contribution in [2.24, 2.45) is 0 Å². The van der Waals surface area contributed by atoms with Gasteiger partial charge in [0.1, 0.15) is 23.0 Å². The highest BCUT2D eigenvalue weighted by molar-refractivity contribution is 7.89. The second kappa shape index (κ2) is 21.1. The average molecular weight is 875 g/mol. The van der Waals surface area contributed by atoms with Crippen LogP contribution in [0.15, 0.2) is 78.5 Å². The van der Waals surface area contributed by atoms with E-state index in [2.05, 4.69) is 25.3 Å². The Morgan fingerprint density at radius 3 is 2.05 bits per heavy atom. The molecule has 2 N–H and O–H groups in total. The van der Waals surface area contributed by atoms with E-state index in [1.165, 1.54) is 57.5 Å². The summed E-state index contributed by atoms with van der Waals surface area (Å²) in [4.78, 5) is 87.5. The van der Waals surface area contributed by atoms with Crippen LogP contribution in [0.1, 0.15) is 73.9 Å². The number of fused-ring (bicyclic) bond motifs is 1. The van der Waals surface area contributed by atoms with Crippen molar-refractivity contribution >= 4 is 56.1 Å². The number of carbonyl (C=O) groups is 5. The first-order valence-corrected chi connectivity index (χ1v) is 21.7. The quantitative estimate of drug-likeness (QED) is 0.122. The number of unbranched alkanes of at least 4 members (excludes halogenated alkanes) is 2. The summed E-state index contributed by atoms with van der Waals surface area (Å²) < 4.78 is 37.0. The molecule has 2 aromatic heterocycles. The lowest BCUT2D eigenvalue weighted by Crippen LogP contribution is -2.54. The summed E-state index contributed by atoms with van der Waals surface area (Å²) in [5, 5.41) is 14.7. The van der Waals surface area contributed by atoms with Gasteiger partial charge >= 0.3 is 11.9 Å². The van der Waals surface area contributed by atoms with Crippen LogP contribution < -0.4 is 10.2 Å². The van der Waals surface area contributed by atoms with E-state index in [-0.39, 0.29) is 68.5 Å². The SMILES string of the molecule is CN(C)c1cccc2c(S(=O)(=O)N(CCCCCC(=O)O)N3CCN(C(=O)c4cnccn4)CCN(C(=O)[C@H](CC(=O)OC(C)(C)C)NC(=O)c4cnccn4)CC3)cccc12. The van der Waals surface area contributed by atoms with Crippen LogP contribution in [0, 0.1) is 0 Å². The number of carboxylic acids is 1. The number of benzene rings is 2. The van der Waals surface area contributed by atoms with Crippen molar-refractivity contribution in [3.8, 4) is 0 Å². The molecule has 0 radical (unpaired) electrons. The van der Waals surface area contributed by atoms with Gasteiger partial charge in [0.15, 0.2) is 0 Å². The Bertz CT molecular complexity index is 2310. The van der Waals surface area contributed by atoms with Gasteiger partial charge in [0, 0.05) is 108 Å². The fraction of sp³-hybridized carbons (Fsp3) is 0.452. The highest BCUT2D eigenvalue weighted by Gasteiger charge is 2.36. The van der Waals surface area contributed by atoms with Gasteiger partial charge in [-0.05, 0) is 45.7 Å². The fourth-order valence-electron chi connectivity index (χ4n) is 6.99. The van der Waals surface area contributed by atoms with E-state index in [1.54, 1.807) is 44.0 Å². The third kappa shape index (κ3) is 12.5. The Labute approximate surface area is 361 Å². The van der Waals surface area contributed by atoms with Crippen LogP contribution in [0.4, 0.5) is 5.69 Å². The van der Waals surface area contributed by atoms with Crippen LogP contribution in [0.2, 0.25) is 0 Å². The minimum absolute atomic E-state index is 0.000845. The molecule has 19 nitrogen and oxygen atoms in total. The number of hydrazine groups is 1. The Morgan fingerprint density at radius 2 is 1.42 bits per heavy atom. The van der Waals surface area contributed by atoms with Gasteiger partial charge in [-0.15, -0.1) is 4.41 Å². The van der Waals surface area contributed by atoms with Crippen molar-refractivity contribution in [1.29, 1.82) is 0 Å². The molecule has 4 aromatic rings. The zero-order chi connectivity index (χ0) is 45.0. The maximum Gasteiger partial charge on any atom is 0.308 e. The molecular weight excluding hydrogens is 821 g/mol. The third-order valence-electron chi connectivity index (χ3n) is 9.92. The van der Waals surface area contributed by atoms with E-state index in [4.69, 9.17) is 4.74 Å². The maximum atomic E-state index is 15.1. The molecular formula is C42H54N10O9S. The van der Waals surface area contributed by atoms with E-state index in [9.17, 15) is 29.1 Å². The third-order valence-corrected chi connectivity index (χ3v) is 11.8. The van der Waals surface area contributed by atoms with Crippen LogP contribution >= 0.6 is 0 Å². The van der Waals surface area contributed by atoms with Gasteiger partial charge in [-0.3, -0.25) is 33.9 Å². The molecule has 0 aliphatic carbocycles. The minimum Gasteiger partial charge on any atom is -0.481 e. The number of amides is 3. The van der Waals surface area contributed by atoms with E-state index in [1.807, 2.05) is 31.1 Å². The summed E-state index contributed by atoms with van der Waals surface area (Å²) in [6, 6.07) is 9.01. The van der Waals surface area contributed by atoms with Crippen LogP contribution in [-0.4, -0.2) is 154 Å². The lowest BCUT2D eigenvalue weighted by Gasteiger charge is -2.36. The lowest BCUT2D eigenvalue weighted by molar-refractivity contribution is -0.157. The van der Waals surface area contributed by atoms with Crippen molar-refractivity contribution in [3.63, 3.8) is 0 Å². The number of sulfonamides is 1. The molecule has 62 heavy (non-hydrogen) atoms. The summed E-state index contributed by atoms with van der Waals surface area (Å²) in [5.41, 5.74) is -0.158. The molecule has 0 bridgehead atoms. The second-order valence-electron chi connectivity index (χ2n) is 15.8. The standard InChI is InChI=1S/C42H54N10O9S/c1-42(2,3)61-38(55)27-32(47-39(56)33-28-43-16-18-45-33)40(57)49-21-22-50(41(58)34-29-44-17-19-46-34)24-26-51(25-23-49)52(20-8-6-7-15-37(53)54)62(59,60)36-14-10-11-30-31(36)12-9-13-35(30)48(4)5/h9-14,16-19,28-29,32H,6-8,15,20-27H2,1-5H3,(H,47,56)(H,53,54)/t32-/m0/s1. The number of hydrogen-bond donors (Lipinski definition) is 2. The maximum absolute atomic E-state index is 15.1. The summed E-state index contributed by atoms with van der Waals surface area (Å²) in [7, 11) is -0.645. The highest BCUT2D eigenvalue weighted by Crippen LogP contribution is 2.32. The number of carbonyl (C=O) groups excluding carboxylic acids is 4. The second-order valence-corrected chi connectivity index (χ2v) is 17.7. The number of anilines is 1. The Balaban J connectivity index is 1.56. The molecule has 0 unspecified atom stereocenters. The Morgan fingerprint density at radius 1 is 0.806 bits per heavy atom. The summed E-state index contributed by atoms with van der Waals surface area (Å²) >= 11 is 0. The fourth-order valence-corrected chi connectivity index (χ4v) is 8.76. The van der Waals surface area contributed by atoms with Gasteiger partial charge in [-0.25, -0.2) is 23.4 Å². The monoisotopic (exact) mass is 874 g/mol. The molecule has 1 fully saturated rings.